The molecule has 3 heterocycles. The van der Waals surface area contributed by atoms with Crippen LogP contribution in [-0.4, -0.2) is 42.3 Å². The van der Waals surface area contributed by atoms with Crippen LogP contribution in [0.2, 0.25) is 0 Å². The summed E-state index contributed by atoms with van der Waals surface area (Å²) in [5.74, 6) is 0.880. The third-order valence-electron chi connectivity index (χ3n) is 4.15. The highest BCUT2D eigenvalue weighted by atomic mass is 32.1. The summed E-state index contributed by atoms with van der Waals surface area (Å²) in [7, 11) is 0. The molecular weight excluding hydrogens is 338 g/mol. The van der Waals surface area contributed by atoms with Crippen molar-refractivity contribution < 1.29 is 14.6 Å². The predicted octanol–water partition coefficient (Wildman–Crippen LogP) is 2.11. The van der Waals surface area contributed by atoms with E-state index in [0.717, 1.165) is 42.6 Å². The van der Waals surface area contributed by atoms with Crippen LogP contribution in [0.25, 0.3) is 0 Å². The Hall–Kier alpha value is -1.96. The summed E-state index contributed by atoms with van der Waals surface area (Å²) in [6.07, 6.45) is 1.96. The van der Waals surface area contributed by atoms with Crippen molar-refractivity contribution in [1.29, 1.82) is 0 Å². The van der Waals surface area contributed by atoms with Crippen LogP contribution in [0.15, 0.2) is 35.8 Å². The minimum atomic E-state index is -0.569. The van der Waals surface area contributed by atoms with Crippen molar-refractivity contribution in [2.24, 2.45) is 0 Å². The molecule has 0 bridgehead atoms. The van der Waals surface area contributed by atoms with E-state index in [-0.39, 0.29) is 5.91 Å². The lowest BCUT2D eigenvalue weighted by atomic mass is 10.1. The minimum Gasteiger partial charge on any atom is -0.388 e. The molecule has 1 aliphatic rings. The average Bonchev–Trinajstić information content (AvgIpc) is 3.20. The molecule has 1 atom stereocenters. The molecule has 3 rings (SSSR count). The zero-order valence-electron chi connectivity index (χ0n) is 14.1. The molecule has 1 aliphatic heterocycles. The molecule has 134 valence electrons. The normalized spacial score (nSPS) is 15.8. The summed E-state index contributed by atoms with van der Waals surface area (Å²) < 4.78 is 5.34. The van der Waals surface area contributed by atoms with Crippen molar-refractivity contribution >= 4 is 23.1 Å². The molecule has 7 heteroatoms. The standard InChI is InChI=1S/C18H23N3O3S/c22-15(16-2-1-11-25-16)4-6-18(23)20-13-14-3-5-17(19-12-14)21-7-9-24-10-8-21/h1-3,5,11-12,15,22H,4,6-10,13H2,(H,20,23). The Bertz CT molecular complexity index is 655. The van der Waals surface area contributed by atoms with E-state index in [9.17, 15) is 9.90 Å². The van der Waals surface area contributed by atoms with E-state index < -0.39 is 6.10 Å². The van der Waals surface area contributed by atoms with Crippen LogP contribution < -0.4 is 10.2 Å². The minimum absolute atomic E-state index is 0.0622. The first-order valence-corrected chi connectivity index (χ1v) is 9.36. The van der Waals surface area contributed by atoms with Gasteiger partial charge in [-0.1, -0.05) is 12.1 Å². The van der Waals surface area contributed by atoms with E-state index in [1.165, 1.54) is 11.3 Å². The average molecular weight is 361 g/mol. The molecule has 0 radical (unpaired) electrons. The molecule has 0 saturated carbocycles. The first-order chi connectivity index (χ1) is 12.2. The van der Waals surface area contributed by atoms with Crippen molar-refractivity contribution in [1.82, 2.24) is 10.3 Å². The topological polar surface area (TPSA) is 74.7 Å². The largest absolute Gasteiger partial charge is 0.388 e. The fraction of sp³-hybridized carbons (Fsp3) is 0.444. The number of morpholine rings is 1. The lowest BCUT2D eigenvalue weighted by molar-refractivity contribution is -0.121. The number of aromatic nitrogens is 1. The summed E-state index contributed by atoms with van der Waals surface area (Å²) in [6.45, 7) is 3.63. The van der Waals surface area contributed by atoms with E-state index >= 15 is 0 Å². The number of anilines is 1. The van der Waals surface area contributed by atoms with Crippen LogP contribution in [0.4, 0.5) is 5.82 Å². The maximum Gasteiger partial charge on any atom is 0.220 e. The number of carbonyl (C=O) groups excluding carboxylic acids is 1. The van der Waals surface area contributed by atoms with Gasteiger partial charge in [0, 0.05) is 37.1 Å². The second-order valence-electron chi connectivity index (χ2n) is 5.97. The first kappa shape index (κ1) is 17.8. The van der Waals surface area contributed by atoms with Gasteiger partial charge >= 0.3 is 0 Å². The fourth-order valence-electron chi connectivity index (χ4n) is 2.68. The molecule has 1 unspecified atom stereocenters. The Balaban J connectivity index is 1.41. The number of amides is 1. The number of ether oxygens (including phenoxy) is 1. The van der Waals surface area contributed by atoms with Crippen LogP contribution in [0.1, 0.15) is 29.4 Å². The van der Waals surface area contributed by atoms with Crippen molar-refractivity contribution in [3.05, 3.63) is 46.3 Å². The maximum atomic E-state index is 11.9. The van der Waals surface area contributed by atoms with Gasteiger partial charge in [-0.15, -0.1) is 11.3 Å². The van der Waals surface area contributed by atoms with E-state index in [2.05, 4.69) is 15.2 Å². The number of rotatable bonds is 7. The lowest BCUT2D eigenvalue weighted by Crippen LogP contribution is -2.36. The second kappa shape index (κ2) is 8.94. The highest BCUT2D eigenvalue weighted by molar-refractivity contribution is 7.10. The van der Waals surface area contributed by atoms with Crippen molar-refractivity contribution in [2.75, 3.05) is 31.2 Å². The summed E-state index contributed by atoms with van der Waals surface area (Å²) >= 11 is 1.50. The molecule has 1 amide bonds. The van der Waals surface area contributed by atoms with E-state index in [0.29, 0.717) is 19.4 Å². The summed E-state index contributed by atoms with van der Waals surface area (Å²) in [5, 5.41) is 14.8. The van der Waals surface area contributed by atoms with Crippen LogP contribution >= 0.6 is 11.3 Å². The number of hydrogen-bond acceptors (Lipinski definition) is 6. The van der Waals surface area contributed by atoms with Gasteiger partial charge in [0.15, 0.2) is 0 Å². The molecule has 2 aromatic heterocycles. The summed E-state index contributed by atoms with van der Waals surface area (Å²) in [6, 6.07) is 7.75. The van der Waals surface area contributed by atoms with Crippen molar-refractivity contribution in [3.8, 4) is 0 Å². The Kier molecular flexibility index (Phi) is 6.38. The number of aliphatic hydroxyl groups is 1. The van der Waals surface area contributed by atoms with Gasteiger partial charge in [-0.3, -0.25) is 4.79 Å². The predicted molar refractivity (Wildman–Crippen MR) is 97.6 cm³/mol. The third kappa shape index (κ3) is 5.26. The number of hydrogen-bond donors (Lipinski definition) is 2. The zero-order valence-corrected chi connectivity index (χ0v) is 14.9. The van der Waals surface area contributed by atoms with Crippen LogP contribution in [0.5, 0.6) is 0 Å². The Morgan fingerprint density at radius 2 is 2.20 bits per heavy atom. The number of aliphatic hydroxyl groups excluding tert-OH is 1. The smallest absolute Gasteiger partial charge is 0.220 e. The molecule has 2 N–H and O–H groups in total. The number of carbonyl (C=O) groups is 1. The Morgan fingerprint density at radius 3 is 2.88 bits per heavy atom. The Labute approximate surface area is 151 Å². The number of nitrogens with zero attached hydrogens (tertiary/aromatic N) is 2. The highest BCUT2D eigenvalue weighted by Gasteiger charge is 2.13. The maximum absolute atomic E-state index is 11.9. The van der Waals surface area contributed by atoms with Gasteiger partial charge < -0.3 is 20.1 Å². The molecule has 2 aromatic rings. The molecule has 0 spiro atoms. The zero-order chi connectivity index (χ0) is 17.5. The number of nitrogens with one attached hydrogen (secondary N) is 1. The first-order valence-electron chi connectivity index (χ1n) is 8.48. The van der Waals surface area contributed by atoms with Crippen molar-refractivity contribution in [3.63, 3.8) is 0 Å². The summed E-state index contributed by atoms with van der Waals surface area (Å²) in [4.78, 5) is 19.5. The van der Waals surface area contributed by atoms with E-state index in [1.54, 1.807) is 6.20 Å². The molecule has 0 aliphatic carbocycles. The van der Waals surface area contributed by atoms with E-state index in [1.807, 2.05) is 29.6 Å². The quantitative estimate of drug-likeness (QED) is 0.790. The molecule has 25 heavy (non-hydrogen) atoms. The number of thiophene rings is 1. The van der Waals surface area contributed by atoms with Gasteiger partial charge in [-0.2, -0.15) is 0 Å². The summed E-state index contributed by atoms with van der Waals surface area (Å²) in [5.41, 5.74) is 0.962. The molecule has 0 aromatic carbocycles. The van der Waals surface area contributed by atoms with Crippen LogP contribution in [0.3, 0.4) is 0 Å². The molecule has 6 nitrogen and oxygen atoms in total. The van der Waals surface area contributed by atoms with E-state index in [4.69, 9.17) is 4.74 Å². The fourth-order valence-corrected chi connectivity index (χ4v) is 3.43. The molecular formula is C18H23N3O3S. The molecule has 1 fully saturated rings. The van der Waals surface area contributed by atoms with Gasteiger partial charge in [0.2, 0.25) is 5.91 Å². The highest BCUT2D eigenvalue weighted by Crippen LogP contribution is 2.22. The second-order valence-corrected chi connectivity index (χ2v) is 6.95. The van der Waals surface area contributed by atoms with Gasteiger partial charge in [0.1, 0.15) is 5.82 Å². The third-order valence-corrected chi connectivity index (χ3v) is 5.12. The van der Waals surface area contributed by atoms with Gasteiger partial charge in [0.05, 0.1) is 19.3 Å². The Morgan fingerprint density at radius 1 is 1.36 bits per heavy atom. The van der Waals surface area contributed by atoms with Crippen LogP contribution in [-0.2, 0) is 16.1 Å². The van der Waals surface area contributed by atoms with Crippen LogP contribution in [0, 0.1) is 0 Å². The van der Waals surface area contributed by atoms with Crippen molar-refractivity contribution in [2.45, 2.75) is 25.5 Å². The molecule has 1 saturated heterocycles. The van der Waals surface area contributed by atoms with Gasteiger partial charge in [-0.05, 0) is 29.5 Å². The number of pyridine rings is 1. The van der Waals surface area contributed by atoms with Gasteiger partial charge in [0.25, 0.3) is 0 Å². The van der Waals surface area contributed by atoms with Gasteiger partial charge in [-0.25, -0.2) is 4.98 Å². The lowest BCUT2D eigenvalue weighted by Gasteiger charge is -2.27. The monoisotopic (exact) mass is 361 g/mol. The SMILES string of the molecule is O=C(CCC(O)c1cccs1)NCc1ccc(N2CCOCC2)nc1.